The maximum absolute atomic E-state index is 5.26. The largest absolute Gasteiger partial charge is 0.496 e. The summed E-state index contributed by atoms with van der Waals surface area (Å²) in [6.45, 7) is 5.28. The zero-order valence-electron chi connectivity index (χ0n) is 11.5. The number of methoxy groups -OCH3 is 1. The summed E-state index contributed by atoms with van der Waals surface area (Å²) in [5.41, 5.74) is 2.58. The molecule has 0 amide bonds. The monoisotopic (exact) mass is 248 g/mol. The van der Waals surface area contributed by atoms with Crippen LogP contribution in [0.15, 0.2) is 18.2 Å². The van der Waals surface area contributed by atoms with Crippen molar-refractivity contribution in [2.75, 3.05) is 26.7 Å². The Labute approximate surface area is 110 Å². The SMILES string of the molecule is COc1ccc(CCNCCNC2CC2)cc1C. The summed E-state index contributed by atoms with van der Waals surface area (Å²) in [5, 5.41) is 6.97. The maximum atomic E-state index is 5.26. The smallest absolute Gasteiger partial charge is 0.121 e. The highest BCUT2D eigenvalue weighted by atomic mass is 16.5. The van der Waals surface area contributed by atoms with Gasteiger partial charge in [-0.1, -0.05) is 12.1 Å². The van der Waals surface area contributed by atoms with E-state index in [-0.39, 0.29) is 0 Å². The molecule has 100 valence electrons. The van der Waals surface area contributed by atoms with Crippen LogP contribution in [-0.2, 0) is 6.42 Å². The average Bonchev–Trinajstić information content (AvgIpc) is 3.18. The van der Waals surface area contributed by atoms with Crippen molar-refractivity contribution in [3.63, 3.8) is 0 Å². The second kappa shape index (κ2) is 6.76. The van der Waals surface area contributed by atoms with Gasteiger partial charge in [-0.25, -0.2) is 0 Å². The van der Waals surface area contributed by atoms with Crippen LogP contribution in [0, 0.1) is 6.92 Å². The molecule has 0 aromatic heterocycles. The molecular weight excluding hydrogens is 224 g/mol. The van der Waals surface area contributed by atoms with Gasteiger partial charge in [0.1, 0.15) is 5.75 Å². The number of hydrogen-bond acceptors (Lipinski definition) is 3. The van der Waals surface area contributed by atoms with Crippen LogP contribution >= 0.6 is 0 Å². The summed E-state index contributed by atoms with van der Waals surface area (Å²) in [6.07, 6.45) is 3.81. The van der Waals surface area contributed by atoms with Crippen LogP contribution < -0.4 is 15.4 Å². The van der Waals surface area contributed by atoms with Gasteiger partial charge in [-0.2, -0.15) is 0 Å². The first-order valence-electron chi connectivity index (χ1n) is 6.87. The van der Waals surface area contributed by atoms with Crippen LogP contribution in [0.3, 0.4) is 0 Å². The fraction of sp³-hybridized carbons (Fsp3) is 0.600. The highest BCUT2D eigenvalue weighted by molar-refractivity contribution is 5.36. The Morgan fingerprint density at radius 3 is 2.72 bits per heavy atom. The van der Waals surface area contributed by atoms with E-state index in [0.29, 0.717) is 0 Å². The Morgan fingerprint density at radius 1 is 1.22 bits per heavy atom. The van der Waals surface area contributed by atoms with Crippen molar-refractivity contribution in [2.45, 2.75) is 32.2 Å². The lowest BCUT2D eigenvalue weighted by Gasteiger charge is -2.08. The summed E-state index contributed by atoms with van der Waals surface area (Å²) in [6, 6.07) is 7.23. The van der Waals surface area contributed by atoms with Gasteiger partial charge in [0.05, 0.1) is 7.11 Å². The summed E-state index contributed by atoms with van der Waals surface area (Å²) >= 11 is 0. The summed E-state index contributed by atoms with van der Waals surface area (Å²) < 4.78 is 5.26. The minimum Gasteiger partial charge on any atom is -0.496 e. The molecule has 1 fully saturated rings. The first kappa shape index (κ1) is 13.4. The van der Waals surface area contributed by atoms with Crippen molar-refractivity contribution in [3.8, 4) is 5.75 Å². The molecule has 0 saturated heterocycles. The van der Waals surface area contributed by atoms with Gasteiger partial charge in [0, 0.05) is 19.1 Å². The molecule has 1 aliphatic rings. The van der Waals surface area contributed by atoms with Gasteiger partial charge in [-0.05, 0) is 49.9 Å². The zero-order chi connectivity index (χ0) is 12.8. The molecule has 0 spiro atoms. The van der Waals surface area contributed by atoms with Crippen LogP contribution in [0.5, 0.6) is 5.75 Å². The molecule has 0 bridgehead atoms. The van der Waals surface area contributed by atoms with Crippen LogP contribution in [0.25, 0.3) is 0 Å². The molecule has 0 heterocycles. The van der Waals surface area contributed by atoms with Crippen LogP contribution in [0.2, 0.25) is 0 Å². The van der Waals surface area contributed by atoms with E-state index in [1.165, 1.54) is 24.0 Å². The van der Waals surface area contributed by atoms with Crippen molar-refractivity contribution in [3.05, 3.63) is 29.3 Å². The van der Waals surface area contributed by atoms with E-state index in [1.54, 1.807) is 7.11 Å². The van der Waals surface area contributed by atoms with Gasteiger partial charge in [0.2, 0.25) is 0 Å². The molecule has 3 nitrogen and oxygen atoms in total. The van der Waals surface area contributed by atoms with Gasteiger partial charge in [-0.15, -0.1) is 0 Å². The standard InChI is InChI=1S/C15H24N2O/c1-12-11-13(3-6-15(12)18-2)7-8-16-9-10-17-14-4-5-14/h3,6,11,14,16-17H,4-5,7-10H2,1-2H3. The molecule has 0 radical (unpaired) electrons. The zero-order valence-corrected chi connectivity index (χ0v) is 11.5. The molecule has 0 atom stereocenters. The molecule has 2 rings (SSSR count). The van der Waals surface area contributed by atoms with Crippen molar-refractivity contribution in [2.24, 2.45) is 0 Å². The topological polar surface area (TPSA) is 33.3 Å². The quantitative estimate of drug-likeness (QED) is 0.689. The lowest BCUT2D eigenvalue weighted by Crippen LogP contribution is -2.29. The third-order valence-corrected chi connectivity index (χ3v) is 3.36. The van der Waals surface area contributed by atoms with Crippen molar-refractivity contribution in [1.82, 2.24) is 10.6 Å². The molecule has 1 saturated carbocycles. The second-order valence-electron chi connectivity index (χ2n) is 5.03. The molecular formula is C15H24N2O. The van der Waals surface area contributed by atoms with Crippen LogP contribution in [-0.4, -0.2) is 32.8 Å². The average molecular weight is 248 g/mol. The van der Waals surface area contributed by atoms with Crippen LogP contribution in [0.1, 0.15) is 24.0 Å². The van der Waals surface area contributed by atoms with E-state index >= 15 is 0 Å². The van der Waals surface area contributed by atoms with Gasteiger partial charge >= 0.3 is 0 Å². The predicted octanol–water partition coefficient (Wildman–Crippen LogP) is 1.89. The van der Waals surface area contributed by atoms with Gasteiger partial charge in [-0.3, -0.25) is 0 Å². The van der Waals surface area contributed by atoms with Gasteiger partial charge in [0.25, 0.3) is 0 Å². The molecule has 18 heavy (non-hydrogen) atoms. The number of rotatable bonds is 8. The number of nitrogens with one attached hydrogen (secondary N) is 2. The molecule has 0 aliphatic heterocycles. The maximum Gasteiger partial charge on any atom is 0.121 e. The van der Waals surface area contributed by atoms with E-state index in [4.69, 9.17) is 4.74 Å². The summed E-state index contributed by atoms with van der Waals surface area (Å²) in [4.78, 5) is 0. The molecule has 2 N–H and O–H groups in total. The molecule has 1 aromatic rings. The third kappa shape index (κ3) is 4.31. The lowest BCUT2D eigenvalue weighted by molar-refractivity contribution is 0.411. The van der Waals surface area contributed by atoms with Crippen LogP contribution in [0.4, 0.5) is 0 Å². The Morgan fingerprint density at radius 2 is 2.06 bits per heavy atom. The molecule has 1 aliphatic carbocycles. The van der Waals surface area contributed by atoms with Crippen molar-refractivity contribution >= 4 is 0 Å². The Hall–Kier alpha value is -1.06. The number of benzene rings is 1. The van der Waals surface area contributed by atoms with E-state index in [0.717, 1.165) is 37.8 Å². The van der Waals surface area contributed by atoms with Crippen molar-refractivity contribution < 1.29 is 4.74 Å². The second-order valence-corrected chi connectivity index (χ2v) is 5.03. The van der Waals surface area contributed by atoms with E-state index < -0.39 is 0 Å². The minimum absolute atomic E-state index is 0.816. The first-order valence-corrected chi connectivity index (χ1v) is 6.87. The number of hydrogen-bond donors (Lipinski definition) is 2. The fourth-order valence-corrected chi connectivity index (χ4v) is 2.11. The van der Waals surface area contributed by atoms with Crippen molar-refractivity contribution in [1.29, 1.82) is 0 Å². The number of ether oxygens (including phenoxy) is 1. The predicted molar refractivity (Wildman–Crippen MR) is 75.3 cm³/mol. The highest BCUT2D eigenvalue weighted by Crippen LogP contribution is 2.18. The highest BCUT2D eigenvalue weighted by Gasteiger charge is 2.19. The van der Waals surface area contributed by atoms with E-state index in [2.05, 4.69) is 35.8 Å². The Balaban J connectivity index is 1.61. The van der Waals surface area contributed by atoms with E-state index in [1.807, 2.05) is 0 Å². The normalized spacial score (nSPS) is 14.8. The van der Waals surface area contributed by atoms with Gasteiger partial charge < -0.3 is 15.4 Å². The Kier molecular flexibility index (Phi) is 5.02. The third-order valence-electron chi connectivity index (χ3n) is 3.36. The first-order chi connectivity index (χ1) is 8.79. The minimum atomic E-state index is 0.816. The molecule has 1 aromatic carbocycles. The summed E-state index contributed by atoms with van der Waals surface area (Å²) in [5.74, 6) is 0.973. The molecule has 3 heteroatoms. The van der Waals surface area contributed by atoms with Gasteiger partial charge in [0.15, 0.2) is 0 Å². The Bertz CT molecular complexity index is 375. The lowest BCUT2D eigenvalue weighted by atomic mass is 10.1. The fourth-order valence-electron chi connectivity index (χ4n) is 2.11. The number of aryl methyl sites for hydroxylation is 1. The molecule has 0 unspecified atom stereocenters. The summed E-state index contributed by atoms with van der Waals surface area (Å²) in [7, 11) is 1.72. The van der Waals surface area contributed by atoms with E-state index in [9.17, 15) is 0 Å².